The zero-order valence-electron chi connectivity index (χ0n) is 13.4. The summed E-state index contributed by atoms with van der Waals surface area (Å²) >= 11 is 0. The molecule has 0 aliphatic heterocycles. The van der Waals surface area contributed by atoms with Crippen molar-refractivity contribution in [1.29, 1.82) is 0 Å². The molecule has 2 aromatic rings. The van der Waals surface area contributed by atoms with Crippen LogP contribution in [0, 0.1) is 12.0 Å². The Morgan fingerprint density at radius 1 is 1.48 bits per heavy atom. The van der Waals surface area contributed by atoms with Crippen LogP contribution in [-0.4, -0.2) is 27.5 Å². The third-order valence-electron chi connectivity index (χ3n) is 3.05. The molecule has 0 aromatic carbocycles. The van der Waals surface area contributed by atoms with Crippen LogP contribution in [0.5, 0.6) is 5.88 Å². The van der Waals surface area contributed by atoms with Gasteiger partial charge in [-0.25, -0.2) is 14.8 Å². The van der Waals surface area contributed by atoms with E-state index >= 15 is 0 Å². The number of hydrogen-bond acceptors (Lipinski definition) is 4. The second-order valence-electron chi connectivity index (χ2n) is 6.34. The number of carbonyl (C=O) groups is 1. The third kappa shape index (κ3) is 4.07. The molecule has 0 radical (unpaired) electrons. The van der Waals surface area contributed by atoms with Crippen molar-refractivity contribution in [2.75, 3.05) is 6.61 Å². The molecule has 0 atom stereocenters. The van der Waals surface area contributed by atoms with Gasteiger partial charge in [-0.05, 0) is 17.4 Å². The summed E-state index contributed by atoms with van der Waals surface area (Å²) in [4.78, 5) is 25.6. The Hall–Kier alpha value is -2.88. The van der Waals surface area contributed by atoms with Crippen LogP contribution in [0.4, 0.5) is 0 Å². The topological polar surface area (TPSA) is 98.2 Å². The molecule has 23 heavy (non-hydrogen) atoms. The number of primary amides is 1. The highest BCUT2D eigenvalue weighted by Crippen LogP contribution is 2.27. The van der Waals surface area contributed by atoms with E-state index < -0.39 is 5.91 Å². The fraction of sp³-hybridized carbons (Fsp3) is 0.375. The molecule has 0 bridgehead atoms. The van der Waals surface area contributed by atoms with E-state index in [0.29, 0.717) is 24.6 Å². The van der Waals surface area contributed by atoms with Crippen LogP contribution in [0.1, 0.15) is 26.3 Å². The van der Waals surface area contributed by atoms with Crippen LogP contribution < -0.4 is 10.5 Å². The minimum absolute atomic E-state index is 0.00309. The highest BCUT2D eigenvalue weighted by Gasteiger charge is 2.16. The van der Waals surface area contributed by atoms with Gasteiger partial charge in [0.2, 0.25) is 17.5 Å². The maximum atomic E-state index is 11.1. The molecule has 0 saturated heterocycles. The number of rotatable bonds is 5. The first-order valence-corrected chi connectivity index (χ1v) is 7.13. The van der Waals surface area contributed by atoms with E-state index in [1.54, 1.807) is 6.20 Å². The molecule has 7 heteroatoms. The van der Waals surface area contributed by atoms with Crippen molar-refractivity contribution in [3.05, 3.63) is 41.3 Å². The molecule has 120 valence electrons. The first-order valence-electron chi connectivity index (χ1n) is 7.13. The fourth-order valence-electron chi connectivity index (χ4n) is 1.96. The largest absolute Gasteiger partial charge is 0.477 e. The van der Waals surface area contributed by atoms with Crippen LogP contribution in [0.25, 0.3) is 15.9 Å². The first-order chi connectivity index (χ1) is 10.8. The minimum atomic E-state index is -0.736. The second kappa shape index (κ2) is 6.48. The van der Waals surface area contributed by atoms with Gasteiger partial charge in [0.25, 0.3) is 0 Å². The number of nitrogens with two attached hydrogens (primary N) is 1. The maximum absolute atomic E-state index is 11.1. The van der Waals surface area contributed by atoms with E-state index in [4.69, 9.17) is 17.0 Å². The summed E-state index contributed by atoms with van der Waals surface area (Å²) in [7, 11) is 0. The Labute approximate surface area is 134 Å². The van der Waals surface area contributed by atoms with E-state index in [1.165, 1.54) is 12.4 Å². The van der Waals surface area contributed by atoms with Crippen LogP contribution in [0.3, 0.4) is 0 Å². The highest BCUT2D eigenvalue weighted by atomic mass is 16.5. The summed E-state index contributed by atoms with van der Waals surface area (Å²) < 4.78 is 5.82. The number of nitrogens with zero attached hydrogens (tertiary/aromatic N) is 3. The van der Waals surface area contributed by atoms with Crippen molar-refractivity contribution >= 4 is 16.9 Å². The maximum Gasteiger partial charge on any atom is 0.247 e. The van der Waals surface area contributed by atoms with Gasteiger partial charge >= 0.3 is 0 Å². The molecule has 2 aromatic heterocycles. The lowest BCUT2D eigenvalue weighted by molar-refractivity contribution is -0.114. The SMILES string of the molecule is [C-]#[N+]/C(=C\Cc1c[nH]c2ncnc(OCC(C)(C)C)c12)C(N)=O. The van der Waals surface area contributed by atoms with Gasteiger partial charge in [0, 0.05) is 6.20 Å². The average molecular weight is 313 g/mol. The van der Waals surface area contributed by atoms with E-state index in [1.807, 2.05) is 0 Å². The Morgan fingerprint density at radius 3 is 2.83 bits per heavy atom. The molecule has 0 unspecified atom stereocenters. The number of fused-ring (bicyclic) bond motifs is 1. The molecule has 1 amide bonds. The Kier molecular flexibility index (Phi) is 4.65. The Bertz CT molecular complexity index is 793. The van der Waals surface area contributed by atoms with E-state index in [0.717, 1.165) is 10.9 Å². The first kappa shape index (κ1) is 16.5. The molecule has 2 rings (SSSR count). The van der Waals surface area contributed by atoms with Crippen molar-refractivity contribution in [2.45, 2.75) is 27.2 Å². The van der Waals surface area contributed by atoms with Crippen LogP contribution in [0.2, 0.25) is 0 Å². The summed E-state index contributed by atoms with van der Waals surface area (Å²) in [5.41, 5.74) is 6.54. The van der Waals surface area contributed by atoms with Crippen LogP contribution in [0.15, 0.2) is 24.3 Å². The lowest BCUT2D eigenvalue weighted by Gasteiger charge is -2.18. The van der Waals surface area contributed by atoms with Gasteiger partial charge in [0.05, 0.1) is 18.6 Å². The van der Waals surface area contributed by atoms with Crippen molar-refractivity contribution in [2.24, 2.45) is 11.1 Å². The smallest absolute Gasteiger partial charge is 0.247 e. The monoisotopic (exact) mass is 313 g/mol. The molecular formula is C16H19N5O2. The van der Waals surface area contributed by atoms with Crippen molar-refractivity contribution < 1.29 is 9.53 Å². The van der Waals surface area contributed by atoms with E-state index in [2.05, 4.69) is 40.6 Å². The number of carbonyl (C=O) groups excluding carboxylic acids is 1. The molecule has 7 nitrogen and oxygen atoms in total. The molecular weight excluding hydrogens is 294 g/mol. The van der Waals surface area contributed by atoms with Crippen molar-refractivity contribution in [1.82, 2.24) is 15.0 Å². The number of amides is 1. The molecule has 0 saturated carbocycles. The molecule has 0 fully saturated rings. The van der Waals surface area contributed by atoms with Crippen molar-refractivity contribution in [3.63, 3.8) is 0 Å². The molecule has 0 spiro atoms. The lowest BCUT2D eigenvalue weighted by atomic mass is 9.99. The number of aromatic amines is 1. The molecule has 0 aliphatic rings. The predicted molar refractivity (Wildman–Crippen MR) is 86.4 cm³/mol. The zero-order chi connectivity index (χ0) is 17.0. The Balaban J connectivity index is 2.35. The van der Waals surface area contributed by atoms with E-state index in [9.17, 15) is 4.79 Å². The Morgan fingerprint density at radius 2 is 2.22 bits per heavy atom. The standard InChI is InChI=1S/C16H19N5O2/c1-16(2,3)8-23-15-12-10(5-6-11(18-4)13(17)22)7-19-14(12)20-9-21-15/h6-7,9H,5,8H2,1-3H3,(H2,17,22)(H,19,20,21)/b11-6-. The van der Waals surface area contributed by atoms with Gasteiger partial charge in [-0.2, -0.15) is 0 Å². The summed E-state index contributed by atoms with van der Waals surface area (Å²) in [5, 5.41) is 0.752. The van der Waals surface area contributed by atoms with Gasteiger partial charge in [-0.15, -0.1) is 0 Å². The lowest BCUT2D eigenvalue weighted by Crippen LogP contribution is -2.17. The van der Waals surface area contributed by atoms with E-state index in [-0.39, 0.29) is 11.1 Å². The molecule has 0 aliphatic carbocycles. The summed E-state index contributed by atoms with van der Waals surface area (Å²) in [5.74, 6) is -0.252. The van der Waals surface area contributed by atoms with Gasteiger partial charge in [0.15, 0.2) is 0 Å². The number of H-pyrrole nitrogens is 1. The number of nitrogens with one attached hydrogen (secondary N) is 1. The van der Waals surface area contributed by atoms with Crippen LogP contribution >= 0.6 is 0 Å². The molecule has 3 N–H and O–H groups in total. The zero-order valence-corrected chi connectivity index (χ0v) is 13.4. The quantitative estimate of drug-likeness (QED) is 0.653. The van der Waals surface area contributed by atoms with Crippen molar-refractivity contribution in [3.8, 4) is 5.88 Å². The number of hydrogen-bond donors (Lipinski definition) is 2. The highest BCUT2D eigenvalue weighted by molar-refractivity contribution is 5.94. The normalized spacial score (nSPS) is 12.2. The van der Waals surface area contributed by atoms with Gasteiger partial charge in [-0.1, -0.05) is 26.8 Å². The summed E-state index contributed by atoms with van der Waals surface area (Å²) in [6, 6.07) is 0. The van der Waals surface area contributed by atoms with Gasteiger partial charge in [-0.3, -0.25) is 4.79 Å². The average Bonchev–Trinajstić information content (AvgIpc) is 2.88. The molecule has 2 heterocycles. The number of ether oxygens (including phenoxy) is 1. The van der Waals surface area contributed by atoms with Crippen LogP contribution in [-0.2, 0) is 11.2 Å². The second-order valence-corrected chi connectivity index (χ2v) is 6.34. The summed E-state index contributed by atoms with van der Waals surface area (Å²) in [6.45, 7) is 13.7. The summed E-state index contributed by atoms with van der Waals surface area (Å²) in [6.07, 6.45) is 5.06. The number of allylic oxidation sites excluding steroid dienone is 1. The minimum Gasteiger partial charge on any atom is -0.477 e. The van der Waals surface area contributed by atoms with Gasteiger partial charge in [0.1, 0.15) is 12.0 Å². The third-order valence-corrected chi connectivity index (χ3v) is 3.05. The predicted octanol–water partition coefficient (Wildman–Crippen LogP) is 2.21. The number of aromatic nitrogens is 3. The fourth-order valence-corrected chi connectivity index (χ4v) is 1.96. The van der Waals surface area contributed by atoms with Gasteiger partial charge < -0.3 is 15.5 Å².